The Bertz CT molecular complexity index is 1760. The van der Waals surface area contributed by atoms with Gasteiger partial charge in [-0.15, -0.1) is 0 Å². The van der Waals surface area contributed by atoms with E-state index in [9.17, 15) is 24.6 Å². The lowest BCUT2D eigenvalue weighted by molar-refractivity contribution is -0.385. The Morgan fingerprint density at radius 3 is 1.54 bits per heavy atom. The third kappa shape index (κ3) is 12.7. The summed E-state index contributed by atoms with van der Waals surface area (Å²) in [6, 6.07) is 9.02. The number of aromatic nitrogens is 2. The topological polar surface area (TPSA) is 169 Å². The van der Waals surface area contributed by atoms with Gasteiger partial charge in [0.25, 0.3) is 11.4 Å². The minimum atomic E-state index is -0.528. The molecule has 13 nitrogen and oxygen atoms in total. The van der Waals surface area contributed by atoms with Crippen molar-refractivity contribution in [3.8, 4) is 29.0 Å². The highest BCUT2D eigenvalue weighted by molar-refractivity contribution is 5.51. The molecule has 5 rings (SSSR count). The highest BCUT2D eigenvalue weighted by atomic mass is 19.1. The molecular weight excluding hydrogens is 675 g/mol. The van der Waals surface area contributed by atoms with Gasteiger partial charge in [-0.3, -0.25) is 20.2 Å². The first-order valence-corrected chi connectivity index (χ1v) is 16.7. The number of pyridine rings is 2. The van der Waals surface area contributed by atoms with Crippen LogP contribution >= 0.6 is 0 Å². The Balaban J connectivity index is 0.000000271. The summed E-state index contributed by atoms with van der Waals surface area (Å²) >= 11 is 0. The van der Waals surface area contributed by atoms with Gasteiger partial charge in [-0.25, -0.2) is 14.4 Å². The SMILES string of the molecule is C1CCOC1.COc1ncc(O)cc1C(C)C.COc1ncc(Oc2c(C)cc([N+](=O)[O-])cc2C)cc1C(C)C.Cc1cc([N+](=O)[O-])cc(C)c1F. The number of hydrogen-bond donors (Lipinski definition) is 1. The van der Waals surface area contributed by atoms with Crippen LogP contribution in [0.15, 0.2) is 48.8 Å². The highest BCUT2D eigenvalue weighted by Gasteiger charge is 2.16. The number of halogens is 1. The molecular formula is C38H49FN4O9. The van der Waals surface area contributed by atoms with Crippen LogP contribution in [0.1, 0.15) is 85.8 Å². The number of aryl methyl sites for hydroxylation is 4. The van der Waals surface area contributed by atoms with Gasteiger partial charge in [0.2, 0.25) is 11.8 Å². The molecule has 1 aliphatic heterocycles. The van der Waals surface area contributed by atoms with Crippen molar-refractivity contribution in [2.75, 3.05) is 27.4 Å². The summed E-state index contributed by atoms with van der Waals surface area (Å²) < 4.78 is 34.1. The van der Waals surface area contributed by atoms with Gasteiger partial charge in [0.15, 0.2) is 0 Å². The fraction of sp³-hybridized carbons (Fsp3) is 0.421. The van der Waals surface area contributed by atoms with E-state index < -0.39 is 9.85 Å². The van der Waals surface area contributed by atoms with Gasteiger partial charge in [-0.05, 0) is 86.8 Å². The van der Waals surface area contributed by atoms with E-state index in [1.807, 2.05) is 33.8 Å². The fourth-order valence-electron chi connectivity index (χ4n) is 4.98. The smallest absolute Gasteiger partial charge is 0.270 e. The van der Waals surface area contributed by atoms with E-state index in [4.69, 9.17) is 24.1 Å². The lowest BCUT2D eigenvalue weighted by atomic mass is 10.0. The maximum absolute atomic E-state index is 13.0. The number of methoxy groups -OCH3 is 2. The van der Waals surface area contributed by atoms with Crippen molar-refractivity contribution in [3.05, 3.63) is 108 Å². The Hall–Kier alpha value is -5.37. The number of rotatable bonds is 8. The molecule has 2 aromatic carbocycles. The Kier molecular flexibility index (Phi) is 16.8. The fourth-order valence-corrected chi connectivity index (χ4v) is 4.98. The van der Waals surface area contributed by atoms with Gasteiger partial charge in [0, 0.05) is 48.6 Å². The third-order valence-electron chi connectivity index (χ3n) is 7.68. The van der Waals surface area contributed by atoms with Crippen molar-refractivity contribution in [3.63, 3.8) is 0 Å². The van der Waals surface area contributed by atoms with Crippen molar-refractivity contribution < 1.29 is 38.3 Å². The molecule has 52 heavy (non-hydrogen) atoms. The maximum Gasteiger partial charge on any atom is 0.270 e. The van der Waals surface area contributed by atoms with Crippen LogP contribution in [0.5, 0.6) is 29.0 Å². The Morgan fingerprint density at radius 1 is 0.731 bits per heavy atom. The summed E-state index contributed by atoms with van der Waals surface area (Å²) in [4.78, 5) is 28.5. The molecule has 14 heteroatoms. The van der Waals surface area contributed by atoms with Crippen molar-refractivity contribution in [1.82, 2.24) is 9.97 Å². The summed E-state index contributed by atoms with van der Waals surface area (Å²) in [6.07, 6.45) is 5.52. The van der Waals surface area contributed by atoms with Crippen LogP contribution in [0.25, 0.3) is 0 Å². The van der Waals surface area contributed by atoms with E-state index in [1.54, 1.807) is 40.3 Å². The molecule has 0 atom stereocenters. The molecule has 0 spiro atoms. The van der Waals surface area contributed by atoms with Crippen LogP contribution in [-0.4, -0.2) is 52.4 Å². The second-order valence-electron chi connectivity index (χ2n) is 12.6. The first-order chi connectivity index (χ1) is 24.5. The molecule has 3 heterocycles. The van der Waals surface area contributed by atoms with Gasteiger partial charge >= 0.3 is 0 Å². The predicted octanol–water partition coefficient (Wildman–Crippen LogP) is 9.60. The first kappa shape index (κ1) is 42.8. The van der Waals surface area contributed by atoms with Crippen LogP contribution in [0.3, 0.4) is 0 Å². The summed E-state index contributed by atoms with van der Waals surface area (Å²) in [5.74, 6) is 2.69. The molecule has 4 aromatic rings. The standard InChI is InChI=1S/C17H20N2O4.C9H13NO2.C8H8FNO2.C4H8O/c1-10(2)15-8-14(9-18-17(15)22-5)23-16-11(3)6-13(19(20)21)7-12(16)4;1-6(2)8-4-7(11)5-10-9(8)12-3;1-5-3-7(10(11)12)4-6(2)8(5)9;1-2-4-5-3-1/h6-10H,1-5H3;4-6,11H,1-3H3;3-4H,1-2H3;1-4H2. The van der Waals surface area contributed by atoms with Crippen molar-refractivity contribution in [2.24, 2.45) is 0 Å². The molecule has 0 bridgehead atoms. The zero-order valence-corrected chi connectivity index (χ0v) is 31.5. The van der Waals surface area contributed by atoms with Gasteiger partial charge in [0.05, 0.1) is 36.5 Å². The number of non-ortho nitro benzene ring substituents is 2. The number of nitrogens with zero attached hydrogens (tertiary/aromatic N) is 4. The summed E-state index contributed by atoms with van der Waals surface area (Å²) in [7, 11) is 3.16. The van der Waals surface area contributed by atoms with Gasteiger partial charge in [-0.1, -0.05) is 27.7 Å². The molecule has 1 aliphatic rings. The van der Waals surface area contributed by atoms with E-state index in [0.29, 0.717) is 51.4 Å². The van der Waals surface area contributed by atoms with E-state index in [2.05, 4.69) is 9.97 Å². The second kappa shape index (κ2) is 20.5. The zero-order chi connectivity index (χ0) is 39.1. The van der Waals surface area contributed by atoms with E-state index in [0.717, 1.165) is 24.3 Å². The molecule has 0 aliphatic carbocycles. The predicted molar refractivity (Wildman–Crippen MR) is 197 cm³/mol. The van der Waals surface area contributed by atoms with Crippen LogP contribution < -0.4 is 14.2 Å². The molecule has 0 radical (unpaired) electrons. The van der Waals surface area contributed by atoms with Gasteiger partial charge in [-0.2, -0.15) is 0 Å². The van der Waals surface area contributed by atoms with Crippen molar-refractivity contribution >= 4 is 11.4 Å². The number of ether oxygens (including phenoxy) is 4. The van der Waals surface area contributed by atoms with Crippen LogP contribution in [0.2, 0.25) is 0 Å². The van der Waals surface area contributed by atoms with Crippen molar-refractivity contribution in [2.45, 2.75) is 80.1 Å². The molecule has 1 N–H and O–H groups in total. The highest BCUT2D eigenvalue weighted by Crippen LogP contribution is 2.35. The lowest BCUT2D eigenvalue weighted by Gasteiger charge is -2.15. The van der Waals surface area contributed by atoms with Crippen LogP contribution in [0.4, 0.5) is 15.8 Å². The molecule has 1 fully saturated rings. The Morgan fingerprint density at radius 2 is 1.15 bits per heavy atom. The van der Waals surface area contributed by atoms with Crippen LogP contribution in [-0.2, 0) is 4.74 Å². The number of nitro groups is 2. The van der Waals surface area contributed by atoms with Gasteiger partial charge < -0.3 is 24.1 Å². The number of benzene rings is 2. The summed E-state index contributed by atoms with van der Waals surface area (Å²) in [6.45, 7) is 16.7. The molecule has 0 saturated carbocycles. The third-order valence-corrected chi connectivity index (χ3v) is 7.68. The summed E-state index contributed by atoms with van der Waals surface area (Å²) in [5.41, 5.74) is 3.90. The maximum atomic E-state index is 13.0. The quantitative estimate of drug-likeness (QED) is 0.136. The zero-order valence-electron chi connectivity index (χ0n) is 31.5. The molecule has 2 aromatic heterocycles. The first-order valence-electron chi connectivity index (χ1n) is 16.7. The average Bonchev–Trinajstić information content (AvgIpc) is 3.69. The van der Waals surface area contributed by atoms with Gasteiger partial charge in [0.1, 0.15) is 23.1 Å². The number of aromatic hydroxyl groups is 1. The lowest BCUT2D eigenvalue weighted by Crippen LogP contribution is -1.99. The molecule has 0 unspecified atom stereocenters. The van der Waals surface area contributed by atoms with E-state index in [1.165, 1.54) is 57.2 Å². The average molecular weight is 725 g/mol. The Labute approximate surface area is 304 Å². The second-order valence-corrected chi connectivity index (χ2v) is 12.6. The number of nitro benzene ring substituents is 2. The minimum absolute atomic E-state index is 0.0584. The molecule has 0 amide bonds. The monoisotopic (exact) mass is 724 g/mol. The van der Waals surface area contributed by atoms with Crippen LogP contribution in [0, 0.1) is 53.7 Å². The normalized spacial score (nSPS) is 11.7. The molecule has 1 saturated heterocycles. The largest absolute Gasteiger partial charge is 0.506 e. The molecule has 282 valence electrons. The van der Waals surface area contributed by atoms with Crippen molar-refractivity contribution in [1.29, 1.82) is 0 Å². The minimum Gasteiger partial charge on any atom is -0.506 e. The van der Waals surface area contributed by atoms with E-state index in [-0.39, 0.29) is 28.9 Å². The number of hydrogen-bond acceptors (Lipinski definition) is 11. The van der Waals surface area contributed by atoms with E-state index >= 15 is 0 Å². The summed E-state index contributed by atoms with van der Waals surface area (Å²) in [5, 5.41) is 30.4.